The molecule has 0 spiro atoms. The van der Waals surface area contributed by atoms with E-state index in [0.29, 0.717) is 31.0 Å². The van der Waals surface area contributed by atoms with Crippen molar-refractivity contribution in [1.29, 1.82) is 0 Å². The molecule has 1 aromatic rings. The molecule has 0 unspecified atom stereocenters. The molecule has 0 bridgehead atoms. The standard InChI is InChI=1S/C14H17ClN2O3/c15-12-4-2-1-3-10(12)9-13(18)17-7-5-11(6-8-17)16-14(19)20/h1-4,11,16H,5-9H2,(H,19,20). The highest BCUT2D eigenvalue weighted by molar-refractivity contribution is 6.31. The van der Waals surface area contributed by atoms with Crippen LogP contribution in [-0.2, 0) is 11.2 Å². The van der Waals surface area contributed by atoms with Gasteiger partial charge in [0.1, 0.15) is 0 Å². The molecule has 5 nitrogen and oxygen atoms in total. The number of rotatable bonds is 3. The Morgan fingerprint density at radius 3 is 2.55 bits per heavy atom. The van der Waals surface area contributed by atoms with Gasteiger partial charge in [-0.2, -0.15) is 0 Å². The zero-order chi connectivity index (χ0) is 14.5. The summed E-state index contributed by atoms with van der Waals surface area (Å²) < 4.78 is 0. The van der Waals surface area contributed by atoms with E-state index < -0.39 is 6.09 Å². The van der Waals surface area contributed by atoms with E-state index in [1.807, 2.05) is 18.2 Å². The minimum absolute atomic E-state index is 0.0341. The lowest BCUT2D eigenvalue weighted by Gasteiger charge is -2.32. The van der Waals surface area contributed by atoms with Gasteiger partial charge in [0.15, 0.2) is 0 Å². The van der Waals surface area contributed by atoms with Gasteiger partial charge in [-0.1, -0.05) is 29.8 Å². The Morgan fingerprint density at radius 1 is 1.30 bits per heavy atom. The van der Waals surface area contributed by atoms with Gasteiger partial charge in [-0.15, -0.1) is 0 Å². The van der Waals surface area contributed by atoms with E-state index >= 15 is 0 Å². The maximum absolute atomic E-state index is 12.2. The summed E-state index contributed by atoms with van der Waals surface area (Å²) in [6.07, 6.45) is 0.587. The topological polar surface area (TPSA) is 69.6 Å². The summed E-state index contributed by atoms with van der Waals surface area (Å²) in [5.41, 5.74) is 0.824. The third kappa shape index (κ3) is 3.87. The van der Waals surface area contributed by atoms with Crippen LogP contribution in [0.2, 0.25) is 5.02 Å². The van der Waals surface area contributed by atoms with E-state index in [1.54, 1.807) is 11.0 Å². The largest absolute Gasteiger partial charge is 0.465 e. The number of likely N-dealkylation sites (tertiary alicyclic amines) is 1. The summed E-state index contributed by atoms with van der Waals surface area (Å²) in [7, 11) is 0. The molecule has 20 heavy (non-hydrogen) atoms. The number of hydrogen-bond donors (Lipinski definition) is 2. The Bertz CT molecular complexity index is 499. The van der Waals surface area contributed by atoms with Crippen LogP contribution in [0.1, 0.15) is 18.4 Å². The van der Waals surface area contributed by atoms with Crippen LogP contribution in [0.15, 0.2) is 24.3 Å². The van der Waals surface area contributed by atoms with E-state index in [4.69, 9.17) is 16.7 Å². The summed E-state index contributed by atoms with van der Waals surface area (Å²) in [6, 6.07) is 7.25. The molecule has 108 valence electrons. The lowest BCUT2D eigenvalue weighted by atomic mass is 10.0. The van der Waals surface area contributed by atoms with Crippen molar-refractivity contribution >= 4 is 23.6 Å². The second kappa shape index (κ2) is 6.61. The molecule has 1 aliphatic rings. The molecule has 2 rings (SSSR count). The predicted molar refractivity (Wildman–Crippen MR) is 75.9 cm³/mol. The molecule has 1 aliphatic heterocycles. The Labute approximate surface area is 122 Å². The molecule has 6 heteroatoms. The van der Waals surface area contributed by atoms with Crippen molar-refractivity contribution < 1.29 is 14.7 Å². The van der Waals surface area contributed by atoms with E-state index in [1.165, 1.54) is 0 Å². The monoisotopic (exact) mass is 296 g/mol. The minimum Gasteiger partial charge on any atom is -0.465 e. The van der Waals surface area contributed by atoms with Crippen LogP contribution in [0.4, 0.5) is 4.79 Å². The highest BCUT2D eigenvalue weighted by Crippen LogP contribution is 2.18. The zero-order valence-electron chi connectivity index (χ0n) is 11.0. The van der Waals surface area contributed by atoms with Crippen LogP contribution in [-0.4, -0.2) is 41.1 Å². The molecule has 0 aliphatic carbocycles. The van der Waals surface area contributed by atoms with Crippen molar-refractivity contribution in [3.63, 3.8) is 0 Å². The molecular formula is C14H17ClN2O3. The molecule has 1 saturated heterocycles. The maximum Gasteiger partial charge on any atom is 0.404 e. The van der Waals surface area contributed by atoms with Crippen LogP contribution in [0.25, 0.3) is 0 Å². The van der Waals surface area contributed by atoms with Gasteiger partial charge in [-0.05, 0) is 24.5 Å². The SMILES string of the molecule is O=C(O)NC1CCN(C(=O)Cc2ccccc2Cl)CC1. The minimum atomic E-state index is -1.01. The highest BCUT2D eigenvalue weighted by atomic mass is 35.5. The van der Waals surface area contributed by atoms with E-state index in [0.717, 1.165) is 5.56 Å². The molecule has 2 N–H and O–H groups in total. The first-order valence-electron chi connectivity index (χ1n) is 6.57. The smallest absolute Gasteiger partial charge is 0.404 e. The molecule has 0 saturated carbocycles. The van der Waals surface area contributed by atoms with Gasteiger partial charge in [0.05, 0.1) is 6.42 Å². The summed E-state index contributed by atoms with van der Waals surface area (Å²) in [5, 5.41) is 11.7. The fraction of sp³-hybridized carbons (Fsp3) is 0.429. The molecule has 1 aromatic carbocycles. The number of hydrogen-bond acceptors (Lipinski definition) is 2. The molecule has 1 heterocycles. The Morgan fingerprint density at radius 2 is 1.95 bits per heavy atom. The van der Waals surface area contributed by atoms with Crippen LogP contribution in [0, 0.1) is 0 Å². The number of carboxylic acid groups (broad SMARTS) is 1. The number of halogens is 1. The van der Waals surface area contributed by atoms with Crippen molar-refractivity contribution in [1.82, 2.24) is 10.2 Å². The van der Waals surface area contributed by atoms with Crippen LogP contribution >= 0.6 is 11.6 Å². The molecule has 0 aromatic heterocycles. The lowest BCUT2D eigenvalue weighted by molar-refractivity contribution is -0.131. The summed E-state index contributed by atoms with van der Waals surface area (Å²) in [6.45, 7) is 1.16. The van der Waals surface area contributed by atoms with Gasteiger partial charge in [0.25, 0.3) is 0 Å². The number of benzene rings is 1. The molecular weight excluding hydrogens is 280 g/mol. The second-order valence-electron chi connectivity index (χ2n) is 4.87. The summed E-state index contributed by atoms with van der Waals surface area (Å²) in [5.74, 6) is 0.0341. The van der Waals surface area contributed by atoms with Gasteiger partial charge in [0, 0.05) is 24.2 Å². The fourth-order valence-electron chi connectivity index (χ4n) is 2.36. The molecule has 1 fully saturated rings. The first-order chi connectivity index (χ1) is 9.56. The van der Waals surface area contributed by atoms with Crippen LogP contribution in [0.3, 0.4) is 0 Å². The van der Waals surface area contributed by atoms with Gasteiger partial charge in [-0.3, -0.25) is 4.79 Å². The van der Waals surface area contributed by atoms with Crippen LogP contribution in [0.5, 0.6) is 0 Å². The van der Waals surface area contributed by atoms with Gasteiger partial charge < -0.3 is 15.3 Å². The summed E-state index contributed by atoms with van der Waals surface area (Å²) in [4.78, 5) is 24.5. The van der Waals surface area contributed by atoms with Crippen molar-refractivity contribution in [3.05, 3.63) is 34.9 Å². The Hall–Kier alpha value is -1.75. The van der Waals surface area contributed by atoms with E-state index in [2.05, 4.69) is 5.32 Å². The first-order valence-corrected chi connectivity index (χ1v) is 6.94. The summed E-state index contributed by atoms with van der Waals surface area (Å²) >= 11 is 6.04. The highest BCUT2D eigenvalue weighted by Gasteiger charge is 2.23. The number of carbonyl (C=O) groups excluding carboxylic acids is 1. The van der Waals surface area contributed by atoms with Gasteiger partial charge >= 0.3 is 6.09 Å². The number of nitrogens with one attached hydrogen (secondary N) is 1. The zero-order valence-corrected chi connectivity index (χ0v) is 11.8. The molecule has 0 radical (unpaired) electrons. The lowest BCUT2D eigenvalue weighted by Crippen LogP contribution is -2.46. The third-order valence-corrected chi connectivity index (χ3v) is 3.84. The van der Waals surface area contributed by atoms with Crippen molar-refractivity contribution in [2.75, 3.05) is 13.1 Å². The average molecular weight is 297 g/mol. The quantitative estimate of drug-likeness (QED) is 0.898. The number of piperidine rings is 1. The predicted octanol–water partition coefficient (Wildman–Crippen LogP) is 2.14. The normalized spacial score (nSPS) is 15.9. The second-order valence-corrected chi connectivity index (χ2v) is 5.28. The third-order valence-electron chi connectivity index (χ3n) is 3.47. The van der Waals surface area contributed by atoms with Crippen molar-refractivity contribution in [2.45, 2.75) is 25.3 Å². The Balaban J connectivity index is 1.86. The maximum atomic E-state index is 12.2. The fourth-order valence-corrected chi connectivity index (χ4v) is 2.57. The number of nitrogens with zero attached hydrogens (tertiary/aromatic N) is 1. The van der Waals surface area contributed by atoms with E-state index in [-0.39, 0.29) is 18.4 Å². The number of amides is 2. The molecule has 0 atom stereocenters. The first kappa shape index (κ1) is 14.7. The Kier molecular flexibility index (Phi) is 4.84. The average Bonchev–Trinajstić information content (AvgIpc) is 2.41. The van der Waals surface area contributed by atoms with Gasteiger partial charge in [0.2, 0.25) is 5.91 Å². The van der Waals surface area contributed by atoms with Gasteiger partial charge in [-0.25, -0.2) is 4.79 Å². The van der Waals surface area contributed by atoms with Crippen molar-refractivity contribution in [3.8, 4) is 0 Å². The van der Waals surface area contributed by atoms with Crippen molar-refractivity contribution in [2.24, 2.45) is 0 Å². The molecule has 2 amide bonds. The van der Waals surface area contributed by atoms with E-state index in [9.17, 15) is 9.59 Å². The van der Waals surface area contributed by atoms with Crippen LogP contribution < -0.4 is 5.32 Å². The number of carbonyl (C=O) groups is 2.